The molecule has 1 atom stereocenters. The molecule has 0 bridgehead atoms. The number of aromatic nitrogens is 4. The van der Waals surface area contributed by atoms with Gasteiger partial charge in [0.1, 0.15) is 11.4 Å². The van der Waals surface area contributed by atoms with E-state index in [1.54, 1.807) is 53.2 Å². The highest BCUT2D eigenvalue weighted by molar-refractivity contribution is 5.86. The Hall–Kier alpha value is -3.46. The fraction of sp³-hybridized carbons (Fsp3) is 0.300. The molecule has 2 aromatic heterocycles. The molecule has 3 aromatic rings. The van der Waals surface area contributed by atoms with Crippen LogP contribution >= 0.6 is 0 Å². The molecule has 152 valence electrons. The van der Waals surface area contributed by atoms with Gasteiger partial charge in [-0.3, -0.25) is 14.4 Å². The molecule has 0 spiro atoms. The number of ether oxygens (including phenoxy) is 1. The van der Waals surface area contributed by atoms with Gasteiger partial charge in [0.15, 0.2) is 0 Å². The van der Waals surface area contributed by atoms with Gasteiger partial charge in [0.05, 0.1) is 25.5 Å². The smallest absolute Gasteiger partial charge is 0.411 e. The second kappa shape index (κ2) is 8.70. The van der Waals surface area contributed by atoms with Crippen molar-refractivity contribution in [2.45, 2.75) is 12.8 Å². The lowest BCUT2D eigenvalue weighted by Crippen LogP contribution is -2.32. The summed E-state index contributed by atoms with van der Waals surface area (Å²) in [4.78, 5) is 25.3. The van der Waals surface area contributed by atoms with Crippen LogP contribution in [-0.4, -0.2) is 51.0 Å². The highest BCUT2D eigenvalue weighted by atomic mass is 16.5. The highest BCUT2D eigenvalue weighted by Gasteiger charge is 2.19. The van der Waals surface area contributed by atoms with Crippen molar-refractivity contribution in [2.24, 2.45) is 7.05 Å². The molecule has 1 amide bonds. The number of anilines is 1. The van der Waals surface area contributed by atoms with Crippen LogP contribution in [0.3, 0.4) is 0 Å². The van der Waals surface area contributed by atoms with E-state index in [4.69, 9.17) is 4.74 Å². The van der Waals surface area contributed by atoms with E-state index >= 15 is 0 Å². The van der Waals surface area contributed by atoms with Crippen LogP contribution in [0, 0.1) is 0 Å². The first kappa shape index (κ1) is 20.3. The summed E-state index contributed by atoms with van der Waals surface area (Å²) in [6, 6.07) is 8.57. The van der Waals surface area contributed by atoms with E-state index < -0.39 is 6.09 Å². The summed E-state index contributed by atoms with van der Waals surface area (Å²) in [5, 5.41) is 18.1. The minimum Gasteiger partial charge on any atom is -0.465 e. The van der Waals surface area contributed by atoms with Gasteiger partial charge >= 0.3 is 6.09 Å². The van der Waals surface area contributed by atoms with Crippen LogP contribution in [0.4, 0.5) is 10.5 Å². The maximum atomic E-state index is 12.5. The molecule has 1 unspecified atom stereocenters. The number of hydrogen-bond donors (Lipinski definition) is 1. The van der Waals surface area contributed by atoms with E-state index in [0.29, 0.717) is 11.4 Å². The summed E-state index contributed by atoms with van der Waals surface area (Å²) in [5.74, 6) is -0.329. The summed E-state index contributed by atoms with van der Waals surface area (Å²) in [5.41, 5.74) is 2.23. The summed E-state index contributed by atoms with van der Waals surface area (Å²) in [6.45, 7) is 2.36. The van der Waals surface area contributed by atoms with Crippen LogP contribution in [0.15, 0.2) is 53.7 Å². The average Bonchev–Trinajstić information content (AvgIpc) is 3.14. The fourth-order valence-electron chi connectivity index (χ4n) is 3.03. The molecule has 0 aliphatic rings. The van der Waals surface area contributed by atoms with Crippen molar-refractivity contribution in [3.8, 4) is 5.69 Å². The van der Waals surface area contributed by atoms with Crippen molar-refractivity contribution >= 4 is 11.8 Å². The normalized spacial score (nSPS) is 12.0. The summed E-state index contributed by atoms with van der Waals surface area (Å²) in [6.07, 6.45) is 3.99. The third-order valence-electron chi connectivity index (χ3n) is 4.63. The number of benzene rings is 1. The van der Waals surface area contributed by atoms with E-state index in [1.165, 1.54) is 18.1 Å². The lowest BCUT2D eigenvalue weighted by atomic mass is 9.96. The lowest BCUT2D eigenvalue weighted by molar-refractivity contribution is 0.186. The second-order valence-corrected chi connectivity index (χ2v) is 6.63. The van der Waals surface area contributed by atoms with Crippen LogP contribution in [0.5, 0.6) is 0 Å². The molecule has 1 aromatic carbocycles. The van der Waals surface area contributed by atoms with Crippen LogP contribution in [0.2, 0.25) is 0 Å². The molecular weight excluding hydrogens is 374 g/mol. The molecule has 0 aliphatic carbocycles. The zero-order valence-electron chi connectivity index (χ0n) is 16.5. The van der Waals surface area contributed by atoms with Crippen LogP contribution in [0.1, 0.15) is 24.1 Å². The molecule has 9 nitrogen and oxygen atoms in total. The van der Waals surface area contributed by atoms with Crippen molar-refractivity contribution in [1.82, 2.24) is 19.6 Å². The zero-order chi connectivity index (χ0) is 21.0. The second-order valence-electron chi connectivity index (χ2n) is 6.63. The highest BCUT2D eigenvalue weighted by Crippen LogP contribution is 2.25. The molecule has 0 radical (unpaired) electrons. The van der Waals surface area contributed by atoms with Gasteiger partial charge in [0, 0.05) is 38.0 Å². The SMILES string of the molecule is COCCN(C(=O)O)c1cccc(C(C)c2nn(-c3cnn(C)c3)ccc2=O)c1. The molecule has 0 saturated carbocycles. The predicted molar refractivity (Wildman–Crippen MR) is 108 cm³/mol. The number of hydrogen-bond acceptors (Lipinski definition) is 5. The monoisotopic (exact) mass is 397 g/mol. The largest absolute Gasteiger partial charge is 0.465 e. The number of carbonyl (C=O) groups is 1. The molecule has 29 heavy (non-hydrogen) atoms. The Morgan fingerprint density at radius 1 is 1.34 bits per heavy atom. The van der Waals surface area contributed by atoms with Crippen molar-refractivity contribution in [3.05, 3.63) is 70.4 Å². The molecule has 2 heterocycles. The van der Waals surface area contributed by atoms with E-state index in [1.807, 2.05) is 13.0 Å². The first-order chi connectivity index (χ1) is 13.9. The lowest BCUT2D eigenvalue weighted by Gasteiger charge is -2.21. The van der Waals surface area contributed by atoms with Gasteiger partial charge in [-0.15, -0.1) is 0 Å². The van der Waals surface area contributed by atoms with Gasteiger partial charge in [-0.1, -0.05) is 19.1 Å². The standard InChI is InChI=1S/C20H23N5O4/c1-14(15-5-4-6-16(11-15)24(20(27)28)9-10-29-3)19-18(26)7-8-25(22-19)17-12-21-23(2)13-17/h4-8,11-14H,9-10H2,1-3H3,(H,27,28). The Balaban J connectivity index is 1.95. The Morgan fingerprint density at radius 2 is 2.14 bits per heavy atom. The summed E-state index contributed by atoms with van der Waals surface area (Å²) < 4.78 is 8.26. The zero-order valence-corrected chi connectivity index (χ0v) is 16.5. The van der Waals surface area contributed by atoms with E-state index in [0.717, 1.165) is 11.3 Å². The third kappa shape index (κ3) is 4.52. The van der Waals surface area contributed by atoms with Crippen LogP contribution < -0.4 is 10.3 Å². The van der Waals surface area contributed by atoms with Crippen molar-refractivity contribution in [1.29, 1.82) is 0 Å². The van der Waals surface area contributed by atoms with Gasteiger partial charge in [-0.2, -0.15) is 10.2 Å². The van der Waals surface area contributed by atoms with Crippen molar-refractivity contribution in [2.75, 3.05) is 25.2 Å². The Kier molecular flexibility index (Phi) is 6.08. The Morgan fingerprint density at radius 3 is 2.79 bits per heavy atom. The molecular formula is C20H23N5O4. The van der Waals surface area contributed by atoms with Gasteiger partial charge in [0.2, 0.25) is 5.43 Å². The Bertz CT molecular complexity index is 1060. The number of aryl methyl sites for hydroxylation is 1. The molecule has 0 saturated heterocycles. The Labute approximate surface area is 167 Å². The van der Waals surface area contributed by atoms with Crippen LogP contribution in [-0.2, 0) is 11.8 Å². The molecule has 3 rings (SSSR count). The summed E-state index contributed by atoms with van der Waals surface area (Å²) >= 11 is 0. The molecule has 9 heteroatoms. The van der Waals surface area contributed by atoms with Crippen LogP contribution in [0.25, 0.3) is 5.69 Å². The number of rotatable bonds is 7. The number of nitrogens with zero attached hydrogens (tertiary/aromatic N) is 5. The van der Waals surface area contributed by atoms with Gasteiger partial charge < -0.3 is 9.84 Å². The van der Waals surface area contributed by atoms with E-state index in [2.05, 4.69) is 10.2 Å². The molecule has 1 N–H and O–H groups in total. The quantitative estimate of drug-likeness (QED) is 0.656. The summed E-state index contributed by atoms with van der Waals surface area (Å²) in [7, 11) is 3.33. The maximum absolute atomic E-state index is 12.5. The molecule has 0 fully saturated rings. The predicted octanol–water partition coefficient (Wildman–Crippen LogP) is 2.25. The average molecular weight is 397 g/mol. The fourth-order valence-corrected chi connectivity index (χ4v) is 3.03. The van der Waals surface area contributed by atoms with Gasteiger partial charge in [-0.05, 0) is 17.7 Å². The first-order valence-electron chi connectivity index (χ1n) is 9.09. The number of carboxylic acid groups (broad SMARTS) is 1. The van der Waals surface area contributed by atoms with E-state index in [9.17, 15) is 14.7 Å². The van der Waals surface area contributed by atoms with E-state index in [-0.39, 0.29) is 24.5 Å². The minimum absolute atomic E-state index is 0.183. The first-order valence-corrected chi connectivity index (χ1v) is 9.09. The molecule has 0 aliphatic heterocycles. The minimum atomic E-state index is -1.07. The van der Waals surface area contributed by atoms with Crippen molar-refractivity contribution < 1.29 is 14.6 Å². The van der Waals surface area contributed by atoms with Gasteiger partial charge in [0.25, 0.3) is 0 Å². The van der Waals surface area contributed by atoms with Crippen molar-refractivity contribution in [3.63, 3.8) is 0 Å². The topological polar surface area (TPSA) is 102 Å². The van der Waals surface area contributed by atoms with Gasteiger partial charge in [-0.25, -0.2) is 9.48 Å². The maximum Gasteiger partial charge on any atom is 0.411 e. The number of amides is 1. The number of methoxy groups -OCH3 is 1. The third-order valence-corrected chi connectivity index (χ3v) is 4.63.